The molecular weight excluding hydrogens is 392 g/mol. The van der Waals surface area contributed by atoms with E-state index in [1.165, 1.54) is 6.07 Å². The molecule has 2 N–H and O–H groups in total. The van der Waals surface area contributed by atoms with E-state index in [0.717, 1.165) is 0 Å². The Morgan fingerprint density at radius 2 is 2.00 bits per heavy atom. The van der Waals surface area contributed by atoms with Crippen molar-refractivity contribution in [3.8, 4) is 0 Å². The molecule has 0 fully saturated rings. The minimum absolute atomic E-state index is 0.0486. The van der Waals surface area contributed by atoms with Crippen LogP contribution in [0.25, 0.3) is 0 Å². The highest BCUT2D eigenvalue weighted by Crippen LogP contribution is 2.28. The zero-order valence-corrected chi connectivity index (χ0v) is 10.0. The van der Waals surface area contributed by atoms with Crippen LogP contribution in [0.2, 0.25) is 0 Å². The Morgan fingerprint density at radius 1 is 1.42 bits per heavy atom. The Morgan fingerprint density at radius 3 is 2.50 bits per heavy atom. The van der Waals surface area contributed by atoms with Crippen molar-refractivity contribution in [2.45, 2.75) is 6.43 Å². The normalized spacial score (nSPS) is 10.8. The molecule has 0 aromatic carbocycles. The first-order chi connectivity index (χ1) is 5.52. The number of nitrogens with two attached hydrogens (primary N) is 1. The number of rotatable bonds is 1. The molecule has 0 amide bonds. The molecule has 1 aromatic rings. The van der Waals surface area contributed by atoms with Crippen molar-refractivity contribution in [1.29, 1.82) is 0 Å². The summed E-state index contributed by atoms with van der Waals surface area (Å²) >= 11 is 3.62. The third-order valence-electron chi connectivity index (χ3n) is 1.22. The second-order valence-corrected chi connectivity index (χ2v) is 4.22. The van der Waals surface area contributed by atoms with Gasteiger partial charge in [-0.3, -0.25) is 0 Å². The molecule has 6 heteroatoms. The molecule has 0 spiro atoms. The molecule has 0 aliphatic carbocycles. The van der Waals surface area contributed by atoms with E-state index in [4.69, 9.17) is 5.73 Å². The van der Waals surface area contributed by atoms with Crippen molar-refractivity contribution >= 4 is 51.0 Å². The Labute approximate surface area is 95.2 Å². The van der Waals surface area contributed by atoms with E-state index < -0.39 is 6.43 Å². The molecule has 0 unspecified atom stereocenters. The van der Waals surface area contributed by atoms with Gasteiger partial charge in [-0.1, -0.05) is 0 Å². The average Bonchev–Trinajstić information content (AvgIpc) is 1.96. The Balaban J connectivity index is 3.28. The highest BCUT2D eigenvalue weighted by Gasteiger charge is 2.15. The molecule has 0 aliphatic heterocycles. The van der Waals surface area contributed by atoms with Gasteiger partial charge in [0.25, 0.3) is 6.43 Å². The molecular formula is C6H4F2I2N2. The molecule has 0 bridgehead atoms. The molecule has 1 heterocycles. The minimum atomic E-state index is -2.49. The summed E-state index contributed by atoms with van der Waals surface area (Å²) in [5.41, 5.74) is 5.35. The SMILES string of the molecule is Nc1nc(I)cc(C(F)F)c1I. The molecule has 66 valence electrons. The largest absolute Gasteiger partial charge is 0.383 e. The first kappa shape index (κ1) is 10.4. The number of hydrogen-bond acceptors (Lipinski definition) is 2. The summed E-state index contributed by atoms with van der Waals surface area (Å²) in [7, 11) is 0. The first-order valence-corrected chi connectivity index (χ1v) is 5.07. The Hall–Kier alpha value is 0.270. The fourth-order valence-corrected chi connectivity index (χ4v) is 1.80. The van der Waals surface area contributed by atoms with E-state index in [1.807, 2.05) is 22.6 Å². The van der Waals surface area contributed by atoms with Gasteiger partial charge in [-0.2, -0.15) is 0 Å². The standard InChI is InChI=1S/C6H4F2I2N2/c7-5(8)2-1-3(9)12-6(11)4(2)10/h1,5H,(H2,11,12). The van der Waals surface area contributed by atoms with Gasteiger partial charge in [0.1, 0.15) is 9.52 Å². The molecule has 0 saturated heterocycles. The molecule has 0 radical (unpaired) electrons. The van der Waals surface area contributed by atoms with Gasteiger partial charge >= 0.3 is 0 Å². The van der Waals surface area contributed by atoms with Crippen LogP contribution in [0.3, 0.4) is 0 Å². The average molecular weight is 396 g/mol. The zero-order chi connectivity index (χ0) is 9.30. The number of halogens is 4. The lowest BCUT2D eigenvalue weighted by molar-refractivity contribution is 0.150. The van der Waals surface area contributed by atoms with Crippen molar-refractivity contribution in [2.24, 2.45) is 0 Å². The van der Waals surface area contributed by atoms with Gasteiger partial charge in [0.05, 0.1) is 3.57 Å². The van der Waals surface area contributed by atoms with Gasteiger partial charge in [-0.15, -0.1) is 0 Å². The van der Waals surface area contributed by atoms with Gasteiger partial charge in [-0.05, 0) is 51.2 Å². The molecule has 1 rings (SSSR count). The predicted octanol–water partition coefficient (Wildman–Crippen LogP) is 2.81. The lowest BCUT2D eigenvalue weighted by Gasteiger charge is -2.05. The lowest BCUT2D eigenvalue weighted by atomic mass is 10.3. The van der Waals surface area contributed by atoms with Crippen LogP contribution < -0.4 is 5.73 Å². The fourth-order valence-electron chi connectivity index (χ4n) is 0.695. The lowest BCUT2D eigenvalue weighted by Crippen LogP contribution is -2.01. The van der Waals surface area contributed by atoms with Crippen LogP contribution in [-0.2, 0) is 0 Å². The van der Waals surface area contributed by atoms with E-state index in [0.29, 0.717) is 7.27 Å². The van der Waals surface area contributed by atoms with E-state index in [-0.39, 0.29) is 11.4 Å². The van der Waals surface area contributed by atoms with Gasteiger partial charge in [0.2, 0.25) is 0 Å². The third-order valence-corrected chi connectivity index (χ3v) is 2.94. The van der Waals surface area contributed by atoms with Gasteiger partial charge in [0.15, 0.2) is 0 Å². The van der Waals surface area contributed by atoms with Crippen LogP contribution in [0, 0.1) is 7.27 Å². The van der Waals surface area contributed by atoms with Crippen molar-refractivity contribution < 1.29 is 8.78 Å². The van der Waals surface area contributed by atoms with Crippen molar-refractivity contribution in [3.05, 3.63) is 18.9 Å². The van der Waals surface area contributed by atoms with Crippen molar-refractivity contribution in [2.75, 3.05) is 5.73 Å². The van der Waals surface area contributed by atoms with Gasteiger partial charge < -0.3 is 5.73 Å². The van der Waals surface area contributed by atoms with Crippen LogP contribution in [-0.4, -0.2) is 4.98 Å². The highest BCUT2D eigenvalue weighted by molar-refractivity contribution is 14.1. The second kappa shape index (κ2) is 3.99. The second-order valence-electron chi connectivity index (χ2n) is 2.03. The third kappa shape index (κ3) is 2.15. The summed E-state index contributed by atoms with van der Waals surface area (Å²) in [6.45, 7) is 0. The van der Waals surface area contributed by atoms with Crippen LogP contribution in [0.5, 0.6) is 0 Å². The van der Waals surface area contributed by atoms with E-state index in [9.17, 15) is 8.78 Å². The smallest absolute Gasteiger partial charge is 0.265 e. The van der Waals surface area contributed by atoms with E-state index in [1.54, 1.807) is 22.6 Å². The monoisotopic (exact) mass is 396 g/mol. The summed E-state index contributed by atoms with van der Waals surface area (Å²) in [4.78, 5) is 3.84. The fraction of sp³-hybridized carbons (Fsp3) is 0.167. The number of anilines is 1. The van der Waals surface area contributed by atoms with Gasteiger partial charge in [0, 0.05) is 5.56 Å². The summed E-state index contributed by atoms with van der Waals surface area (Å²) in [6, 6.07) is 1.34. The summed E-state index contributed by atoms with van der Waals surface area (Å²) in [6.07, 6.45) is -2.49. The summed E-state index contributed by atoms with van der Waals surface area (Å²) in [5.74, 6) is 0.165. The van der Waals surface area contributed by atoms with Crippen LogP contribution in [0.4, 0.5) is 14.6 Å². The minimum Gasteiger partial charge on any atom is -0.383 e. The Kier molecular flexibility index (Phi) is 3.44. The van der Waals surface area contributed by atoms with Crippen LogP contribution in [0.1, 0.15) is 12.0 Å². The summed E-state index contributed by atoms with van der Waals surface area (Å²) in [5, 5.41) is 0. The molecule has 0 atom stereocenters. The van der Waals surface area contributed by atoms with Gasteiger partial charge in [-0.25, -0.2) is 13.8 Å². The number of aromatic nitrogens is 1. The van der Waals surface area contributed by atoms with Crippen LogP contribution >= 0.6 is 45.2 Å². The molecule has 2 nitrogen and oxygen atoms in total. The number of nitrogens with zero attached hydrogens (tertiary/aromatic N) is 1. The maximum absolute atomic E-state index is 12.3. The number of nitrogen functional groups attached to an aromatic ring is 1. The molecule has 1 aromatic heterocycles. The Bertz CT molecular complexity index is 304. The van der Waals surface area contributed by atoms with Crippen molar-refractivity contribution in [3.63, 3.8) is 0 Å². The van der Waals surface area contributed by atoms with Crippen molar-refractivity contribution in [1.82, 2.24) is 4.98 Å². The number of pyridine rings is 1. The topological polar surface area (TPSA) is 38.9 Å². The molecule has 12 heavy (non-hydrogen) atoms. The molecule has 0 saturated carbocycles. The van der Waals surface area contributed by atoms with E-state index >= 15 is 0 Å². The van der Waals surface area contributed by atoms with E-state index in [2.05, 4.69) is 4.98 Å². The maximum atomic E-state index is 12.3. The number of hydrogen-bond donors (Lipinski definition) is 1. The highest BCUT2D eigenvalue weighted by atomic mass is 127. The quantitative estimate of drug-likeness (QED) is 0.586. The maximum Gasteiger partial charge on any atom is 0.265 e. The zero-order valence-electron chi connectivity index (χ0n) is 5.69. The first-order valence-electron chi connectivity index (χ1n) is 2.92. The summed E-state index contributed by atoms with van der Waals surface area (Å²) < 4.78 is 25.4. The predicted molar refractivity (Wildman–Crippen MR) is 59.0 cm³/mol. The van der Waals surface area contributed by atoms with Crippen LogP contribution in [0.15, 0.2) is 6.07 Å². The molecule has 0 aliphatic rings. The number of alkyl halides is 2.